The number of rotatable bonds is 3. The third kappa shape index (κ3) is 2.59. The van der Waals surface area contributed by atoms with E-state index < -0.39 is 0 Å². The quantitative estimate of drug-likeness (QED) is 0.510. The van der Waals surface area contributed by atoms with Crippen LogP contribution in [0.15, 0.2) is 0 Å². The Morgan fingerprint density at radius 3 is 3.00 bits per heavy atom. The van der Waals surface area contributed by atoms with Gasteiger partial charge in [-0.25, -0.2) is 5.84 Å². The molecule has 1 aliphatic heterocycles. The fraction of sp³-hybridized carbons (Fsp3) is 0.727. The second-order valence-corrected chi connectivity index (χ2v) is 4.71. The number of nitrogens with one attached hydrogen (secondary N) is 1. The molecule has 0 bridgehead atoms. The van der Waals surface area contributed by atoms with Crippen molar-refractivity contribution in [1.29, 1.82) is 0 Å². The number of aliphatic hydroxyl groups is 1. The molecule has 0 saturated carbocycles. The molecule has 2 rings (SSSR count). The summed E-state index contributed by atoms with van der Waals surface area (Å²) < 4.78 is 1.76. The van der Waals surface area contributed by atoms with Gasteiger partial charge in [0.25, 0.3) is 0 Å². The third-order valence-electron chi connectivity index (χ3n) is 3.35. The number of piperidine rings is 1. The molecule has 6 nitrogen and oxygen atoms in total. The van der Waals surface area contributed by atoms with Crippen LogP contribution in [0.4, 0.5) is 5.82 Å². The Hall–Kier alpha value is -1.11. The molecule has 0 aromatic carbocycles. The van der Waals surface area contributed by atoms with E-state index in [0.29, 0.717) is 0 Å². The van der Waals surface area contributed by atoms with E-state index in [4.69, 9.17) is 5.84 Å². The summed E-state index contributed by atoms with van der Waals surface area (Å²) in [6.07, 6.45) is 1.76. The molecule has 1 fully saturated rings. The molecule has 4 N–H and O–H groups in total. The Bertz CT molecular complexity index is 389. The number of nitrogens with zero attached hydrogens (tertiary/aromatic N) is 3. The van der Waals surface area contributed by atoms with E-state index in [9.17, 15) is 5.11 Å². The number of hydrazine groups is 1. The highest BCUT2D eigenvalue weighted by atomic mass is 16.3. The Balaban J connectivity index is 2.12. The molecular formula is C11H21N5O. The molecule has 1 aliphatic rings. The standard InChI is InChI=1S/C11H21N5O/c1-8-10(11(13-12)15(2)14-8)7-16-5-3-4-9(17)6-16/h9,13,17H,3-7,12H2,1-2H3. The van der Waals surface area contributed by atoms with Crippen LogP contribution in [0.25, 0.3) is 0 Å². The molecule has 1 aromatic rings. The Labute approximate surface area is 101 Å². The molecular weight excluding hydrogens is 218 g/mol. The minimum absolute atomic E-state index is 0.199. The highest BCUT2D eigenvalue weighted by Crippen LogP contribution is 2.21. The van der Waals surface area contributed by atoms with Crippen LogP contribution in [-0.4, -0.2) is 39.0 Å². The largest absolute Gasteiger partial charge is 0.392 e. The number of hydrogen-bond acceptors (Lipinski definition) is 5. The van der Waals surface area contributed by atoms with Gasteiger partial charge in [-0.3, -0.25) is 9.58 Å². The lowest BCUT2D eigenvalue weighted by Crippen LogP contribution is -2.37. The van der Waals surface area contributed by atoms with Gasteiger partial charge >= 0.3 is 0 Å². The smallest absolute Gasteiger partial charge is 0.142 e. The van der Waals surface area contributed by atoms with Gasteiger partial charge in [0, 0.05) is 25.7 Å². The van der Waals surface area contributed by atoms with Crippen molar-refractivity contribution in [2.45, 2.75) is 32.4 Å². The molecule has 0 spiro atoms. The zero-order valence-corrected chi connectivity index (χ0v) is 10.5. The maximum atomic E-state index is 9.66. The Kier molecular flexibility index (Phi) is 3.66. The SMILES string of the molecule is Cc1nn(C)c(NN)c1CN1CCCC(O)C1. The van der Waals surface area contributed by atoms with Crippen LogP contribution in [0.2, 0.25) is 0 Å². The maximum absolute atomic E-state index is 9.66. The van der Waals surface area contributed by atoms with Crippen molar-refractivity contribution in [3.8, 4) is 0 Å². The molecule has 17 heavy (non-hydrogen) atoms. The van der Waals surface area contributed by atoms with Crippen molar-refractivity contribution in [1.82, 2.24) is 14.7 Å². The minimum Gasteiger partial charge on any atom is -0.392 e. The lowest BCUT2D eigenvalue weighted by molar-refractivity contribution is 0.0668. The van der Waals surface area contributed by atoms with Gasteiger partial charge in [0.2, 0.25) is 0 Å². The lowest BCUT2D eigenvalue weighted by Gasteiger charge is -2.30. The predicted octanol–water partition coefficient (Wildman–Crippen LogP) is -0.0292. The molecule has 0 amide bonds. The van der Waals surface area contributed by atoms with Crippen molar-refractivity contribution >= 4 is 5.82 Å². The number of β-amino-alcohol motifs (C(OH)–C–C–N with tert-alkyl or cyclic N) is 1. The monoisotopic (exact) mass is 239 g/mol. The van der Waals surface area contributed by atoms with Crippen molar-refractivity contribution in [3.05, 3.63) is 11.3 Å². The van der Waals surface area contributed by atoms with Crippen LogP contribution in [-0.2, 0) is 13.6 Å². The number of aryl methyl sites for hydroxylation is 2. The summed E-state index contributed by atoms with van der Waals surface area (Å²) in [6.45, 7) is 4.53. The summed E-state index contributed by atoms with van der Waals surface area (Å²) >= 11 is 0. The minimum atomic E-state index is -0.199. The number of nitrogen functional groups attached to an aromatic ring is 1. The van der Waals surface area contributed by atoms with Crippen molar-refractivity contribution in [3.63, 3.8) is 0 Å². The van der Waals surface area contributed by atoms with Gasteiger partial charge in [-0.2, -0.15) is 5.10 Å². The highest BCUT2D eigenvalue weighted by molar-refractivity contribution is 5.46. The number of likely N-dealkylation sites (tertiary alicyclic amines) is 1. The molecule has 6 heteroatoms. The molecule has 1 atom stereocenters. The first-order valence-corrected chi connectivity index (χ1v) is 6.01. The topological polar surface area (TPSA) is 79.3 Å². The Morgan fingerprint density at radius 2 is 2.35 bits per heavy atom. The van der Waals surface area contributed by atoms with Gasteiger partial charge in [0.05, 0.1) is 11.8 Å². The van der Waals surface area contributed by atoms with Gasteiger partial charge in [-0.15, -0.1) is 0 Å². The maximum Gasteiger partial charge on any atom is 0.142 e. The first-order chi connectivity index (χ1) is 8.11. The number of hydrogen-bond donors (Lipinski definition) is 3. The van der Waals surface area contributed by atoms with Crippen molar-refractivity contribution in [2.75, 3.05) is 18.5 Å². The van der Waals surface area contributed by atoms with Crippen LogP contribution in [0.3, 0.4) is 0 Å². The van der Waals surface area contributed by atoms with E-state index in [1.54, 1.807) is 4.68 Å². The molecule has 96 valence electrons. The zero-order valence-electron chi connectivity index (χ0n) is 10.5. The van der Waals surface area contributed by atoms with Gasteiger partial charge in [0.15, 0.2) is 0 Å². The Morgan fingerprint density at radius 1 is 1.59 bits per heavy atom. The highest BCUT2D eigenvalue weighted by Gasteiger charge is 2.21. The summed E-state index contributed by atoms with van der Waals surface area (Å²) in [7, 11) is 1.87. The van der Waals surface area contributed by atoms with E-state index in [0.717, 1.165) is 49.6 Å². The number of anilines is 1. The van der Waals surface area contributed by atoms with E-state index in [-0.39, 0.29) is 6.10 Å². The third-order valence-corrected chi connectivity index (χ3v) is 3.35. The number of aliphatic hydroxyl groups excluding tert-OH is 1. The summed E-state index contributed by atoms with van der Waals surface area (Å²) in [4.78, 5) is 2.25. The van der Waals surface area contributed by atoms with Gasteiger partial charge in [0.1, 0.15) is 5.82 Å². The summed E-state index contributed by atoms with van der Waals surface area (Å²) in [5.74, 6) is 6.37. The van der Waals surface area contributed by atoms with Gasteiger partial charge in [-0.1, -0.05) is 0 Å². The fourth-order valence-corrected chi connectivity index (χ4v) is 2.47. The average Bonchev–Trinajstić information content (AvgIpc) is 2.53. The van der Waals surface area contributed by atoms with Crippen LogP contribution in [0, 0.1) is 6.92 Å². The van der Waals surface area contributed by atoms with Crippen LogP contribution < -0.4 is 11.3 Å². The van der Waals surface area contributed by atoms with Crippen molar-refractivity contribution in [2.24, 2.45) is 12.9 Å². The van der Waals surface area contributed by atoms with Gasteiger partial charge < -0.3 is 10.5 Å². The van der Waals surface area contributed by atoms with E-state index in [1.807, 2.05) is 14.0 Å². The number of nitrogens with two attached hydrogens (primary N) is 1. The van der Waals surface area contributed by atoms with Crippen LogP contribution in [0.5, 0.6) is 0 Å². The normalized spacial score (nSPS) is 21.8. The average molecular weight is 239 g/mol. The molecule has 2 heterocycles. The molecule has 0 radical (unpaired) electrons. The second-order valence-electron chi connectivity index (χ2n) is 4.71. The first-order valence-electron chi connectivity index (χ1n) is 6.01. The molecule has 1 unspecified atom stereocenters. The van der Waals surface area contributed by atoms with Crippen LogP contribution in [0.1, 0.15) is 24.1 Å². The summed E-state index contributed by atoms with van der Waals surface area (Å²) in [6, 6.07) is 0. The second kappa shape index (κ2) is 5.03. The van der Waals surface area contributed by atoms with Crippen molar-refractivity contribution < 1.29 is 5.11 Å². The first kappa shape index (κ1) is 12.3. The lowest BCUT2D eigenvalue weighted by atomic mass is 10.1. The van der Waals surface area contributed by atoms with Gasteiger partial charge in [-0.05, 0) is 26.3 Å². The summed E-state index contributed by atoms with van der Waals surface area (Å²) in [5, 5.41) is 14.0. The fourth-order valence-electron chi connectivity index (χ4n) is 2.47. The zero-order chi connectivity index (χ0) is 12.4. The molecule has 1 saturated heterocycles. The molecule has 0 aliphatic carbocycles. The van der Waals surface area contributed by atoms with E-state index in [1.165, 1.54) is 0 Å². The summed E-state index contributed by atoms with van der Waals surface area (Å²) in [5.41, 5.74) is 4.80. The van der Waals surface area contributed by atoms with Crippen LogP contribution >= 0.6 is 0 Å². The molecule has 1 aromatic heterocycles. The number of aromatic nitrogens is 2. The van der Waals surface area contributed by atoms with E-state index >= 15 is 0 Å². The van der Waals surface area contributed by atoms with E-state index in [2.05, 4.69) is 15.4 Å². The predicted molar refractivity (Wildman–Crippen MR) is 66.3 cm³/mol.